The summed E-state index contributed by atoms with van der Waals surface area (Å²) in [6.07, 6.45) is -4.47. The molecule has 0 atom stereocenters. The molecule has 15 heavy (non-hydrogen) atoms. The second kappa shape index (κ2) is 3.91. The molecule has 1 aromatic rings. The van der Waals surface area contributed by atoms with E-state index in [0.717, 1.165) is 12.1 Å². The summed E-state index contributed by atoms with van der Waals surface area (Å²) in [4.78, 5) is 0. The smallest absolute Gasteiger partial charge is 0.392 e. The standard InChI is InChI=1S/C10H8F3NO/c1-6-8(4-14)7(5-15)2-3-9(6)10(11,12)13/h2-3,15H,5H2,1H3. The molecular weight excluding hydrogens is 207 g/mol. The van der Waals surface area contributed by atoms with Crippen LogP contribution in [-0.4, -0.2) is 5.11 Å². The molecule has 1 N–H and O–H groups in total. The molecule has 2 nitrogen and oxygen atoms in total. The molecule has 0 aliphatic carbocycles. The van der Waals surface area contributed by atoms with Gasteiger partial charge in [-0.1, -0.05) is 6.07 Å². The number of benzene rings is 1. The highest BCUT2D eigenvalue weighted by molar-refractivity contribution is 5.48. The van der Waals surface area contributed by atoms with Gasteiger partial charge in [-0.3, -0.25) is 0 Å². The first-order valence-electron chi connectivity index (χ1n) is 4.12. The number of hydrogen-bond acceptors (Lipinski definition) is 2. The van der Waals surface area contributed by atoms with Gasteiger partial charge in [0.25, 0.3) is 0 Å². The maximum absolute atomic E-state index is 12.4. The SMILES string of the molecule is Cc1c(C(F)(F)F)ccc(CO)c1C#N. The van der Waals surface area contributed by atoms with Gasteiger partial charge < -0.3 is 5.11 Å². The Morgan fingerprint density at radius 2 is 2.00 bits per heavy atom. The number of aliphatic hydroxyl groups excluding tert-OH is 1. The topological polar surface area (TPSA) is 44.0 Å². The lowest BCUT2D eigenvalue weighted by Crippen LogP contribution is -2.09. The van der Waals surface area contributed by atoms with E-state index in [0.29, 0.717) is 0 Å². The second-order valence-corrected chi connectivity index (χ2v) is 3.04. The Morgan fingerprint density at radius 3 is 2.40 bits per heavy atom. The van der Waals surface area contributed by atoms with E-state index in [2.05, 4.69) is 0 Å². The summed E-state index contributed by atoms with van der Waals surface area (Å²) < 4.78 is 37.3. The molecule has 0 aromatic heterocycles. The fraction of sp³-hybridized carbons (Fsp3) is 0.300. The van der Waals surface area contributed by atoms with Gasteiger partial charge in [0, 0.05) is 0 Å². The van der Waals surface area contributed by atoms with Gasteiger partial charge in [0.2, 0.25) is 0 Å². The Kier molecular flexibility index (Phi) is 3.01. The maximum atomic E-state index is 12.4. The Morgan fingerprint density at radius 1 is 1.40 bits per heavy atom. The average molecular weight is 215 g/mol. The van der Waals surface area contributed by atoms with Crippen LogP contribution in [0.3, 0.4) is 0 Å². The summed E-state index contributed by atoms with van der Waals surface area (Å²) in [7, 11) is 0. The van der Waals surface area contributed by atoms with Crippen LogP contribution in [0.25, 0.3) is 0 Å². The molecule has 0 spiro atoms. The lowest BCUT2D eigenvalue weighted by atomic mass is 9.98. The van der Waals surface area contributed by atoms with Crippen LogP contribution < -0.4 is 0 Å². The fourth-order valence-corrected chi connectivity index (χ4v) is 1.36. The Balaban J connectivity index is 3.45. The molecule has 0 bridgehead atoms. The predicted molar refractivity (Wildman–Crippen MR) is 46.8 cm³/mol. The van der Waals surface area contributed by atoms with E-state index < -0.39 is 18.3 Å². The first kappa shape index (κ1) is 11.5. The van der Waals surface area contributed by atoms with Gasteiger partial charge in [-0.05, 0) is 24.1 Å². The van der Waals surface area contributed by atoms with Crippen molar-refractivity contribution in [2.75, 3.05) is 0 Å². The molecule has 0 saturated heterocycles. The molecular formula is C10H8F3NO. The van der Waals surface area contributed by atoms with Crippen molar-refractivity contribution in [3.8, 4) is 6.07 Å². The Hall–Kier alpha value is -1.54. The zero-order valence-corrected chi connectivity index (χ0v) is 7.89. The van der Waals surface area contributed by atoms with Gasteiger partial charge in [-0.15, -0.1) is 0 Å². The average Bonchev–Trinajstić information content (AvgIpc) is 2.15. The van der Waals surface area contributed by atoms with E-state index >= 15 is 0 Å². The number of hydrogen-bond donors (Lipinski definition) is 1. The third-order valence-electron chi connectivity index (χ3n) is 2.14. The molecule has 0 fully saturated rings. The summed E-state index contributed by atoms with van der Waals surface area (Å²) in [6, 6.07) is 3.66. The number of nitrogens with zero attached hydrogens (tertiary/aromatic N) is 1. The van der Waals surface area contributed by atoms with Crippen LogP contribution in [-0.2, 0) is 12.8 Å². The molecule has 80 valence electrons. The van der Waals surface area contributed by atoms with Crippen LogP contribution in [0, 0.1) is 18.3 Å². The third-order valence-corrected chi connectivity index (χ3v) is 2.14. The zero-order chi connectivity index (χ0) is 11.6. The molecule has 0 amide bonds. The highest BCUT2D eigenvalue weighted by Gasteiger charge is 2.33. The number of aliphatic hydroxyl groups is 1. The number of halogens is 3. The summed E-state index contributed by atoms with van der Waals surface area (Å²) in [5.74, 6) is 0. The summed E-state index contributed by atoms with van der Waals surface area (Å²) in [5, 5.41) is 17.5. The molecule has 0 aliphatic rings. The van der Waals surface area contributed by atoms with E-state index in [9.17, 15) is 13.2 Å². The monoisotopic (exact) mass is 215 g/mol. The quantitative estimate of drug-likeness (QED) is 0.781. The van der Waals surface area contributed by atoms with Gasteiger partial charge in [0.15, 0.2) is 0 Å². The maximum Gasteiger partial charge on any atom is 0.416 e. The summed E-state index contributed by atoms with van der Waals surface area (Å²) >= 11 is 0. The van der Waals surface area contributed by atoms with E-state index in [1.807, 2.05) is 0 Å². The van der Waals surface area contributed by atoms with Crippen LogP contribution in [0.2, 0.25) is 0 Å². The molecule has 1 aromatic carbocycles. The van der Waals surface area contributed by atoms with Crippen molar-refractivity contribution in [3.05, 3.63) is 34.4 Å². The molecule has 5 heteroatoms. The van der Waals surface area contributed by atoms with Gasteiger partial charge in [0.05, 0.1) is 23.8 Å². The number of alkyl halides is 3. The molecule has 0 unspecified atom stereocenters. The van der Waals surface area contributed by atoms with Crippen LogP contribution in [0.4, 0.5) is 13.2 Å². The third kappa shape index (κ3) is 2.10. The molecule has 0 aliphatic heterocycles. The first-order chi connectivity index (χ1) is 6.91. The summed E-state index contributed by atoms with van der Waals surface area (Å²) in [6.45, 7) is 0.780. The minimum Gasteiger partial charge on any atom is -0.392 e. The van der Waals surface area contributed by atoms with Crippen molar-refractivity contribution in [2.24, 2.45) is 0 Å². The second-order valence-electron chi connectivity index (χ2n) is 3.04. The Labute approximate surface area is 84.6 Å². The number of nitriles is 1. The Bertz CT molecular complexity index is 418. The number of rotatable bonds is 1. The van der Waals surface area contributed by atoms with Gasteiger partial charge in [0.1, 0.15) is 0 Å². The van der Waals surface area contributed by atoms with E-state index in [-0.39, 0.29) is 16.7 Å². The van der Waals surface area contributed by atoms with Crippen LogP contribution in [0.1, 0.15) is 22.3 Å². The van der Waals surface area contributed by atoms with Crippen molar-refractivity contribution in [2.45, 2.75) is 19.7 Å². The molecule has 0 radical (unpaired) electrons. The molecule has 1 rings (SSSR count). The first-order valence-corrected chi connectivity index (χ1v) is 4.12. The van der Waals surface area contributed by atoms with E-state index in [4.69, 9.17) is 10.4 Å². The van der Waals surface area contributed by atoms with Crippen molar-refractivity contribution >= 4 is 0 Å². The van der Waals surface area contributed by atoms with Crippen molar-refractivity contribution in [1.82, 2.24) is 0 Å². The van der Waals surface area contributed by atoms with Crippen LogP contribution in [0.15, 0.2) is 12.1 Å². The van der Waals surface area contributed by atoms with Crippen LogP contribution >= 0.6 is 0 Å². The minimum absolute atomic E-state index is 0.104. The largest absolute Gasteiger partial charge is 0.416 e. The van der Waals surface area contributed by atoms with Crippen molar-refractivity contribution in [3.63, 3.8) is 0 Å². The van der Waals surface area contributed by atoms with Gasteiger partial charge >= 0.3 is 6.18 Å². The normalized spacial score (nSPS) is 11.2. The summed E-state index contributed by atoms with van der Waals surface area (Å²) in [5.41, 5.74) is -0.872. The highest BCUT2D eigenvalue weighted by Crippen LogP contribution is 2.33. The van der Waals surface area contributed by atoms with E-state index in [1.54, 1.807) is 6.07 Å². The minimum atomic E-state index is -4.47. The zero-order valence-electron chi connectivity index (χ0n) is 7.89. The highest BCUT2D eigenvalue weighted by atomic mass is 19.4. The van der Waals surface area contributed by atoms with Crippen LogP contribution in [0.5, 0.6) is 0 Å². The fourth-order valence-electron chi connectivity index (χ4n) is 1.36. The lowest BCUT2D eigenvalue weighted by Gasteiger charge is -2.12. The molecule has 0 saturated carbocycles. The van der Waals surface area contributed by atoms with Gasteiger partial charge in [-0.2, -0.15) is 18.4 Å². The molecule has 0 heterocycles. The van der Waals surface area contributed by atoms with Crippen molar-refractivity contribution < 1.29 is 18.3 Å². The predicted octanol–water partition coefficient (Wildman–Crippen LogP) is 2.38. The van der Waals surface area contributed by atoms with E-state index in [1.165, 1.54) is 6.92 Å². The van der Waals surface area contributed by atoms with Crippen molar-refractivity contribution in [1.29, 1.82) is 5.26 Å². The van der Waals surface area contributed by atoms with Gasteiger partial charge in [-0.25, -0.2) is 0 Å². The lowest BCUT2D eigenvalue weighted by molar-refractivity contribution is -0.138.